The molecule has 0 bridgehead atoms. The first-order valence-corrected chi connectivity index (χ1v) is 2.78. The van der Waals surface area contributed by atoms with Gasteiger partial charge in [0.25, 0.3) is 0 Å². The van der Waals surface area contributed by atoms with Crippen LogP contribution in [0.25, 0.3) is 0 Å². The zero-order chi connectivity index (χ0) is 3.98. The molecule has 1 radical (unpaired) electrons. The highest BCUT2D eigenvalue weighted by molar-refractivity contribution is 4.99. The average molecular weight is 81.1 g/mol. The van der Waals surface area contributed by atoms with Crippen LogP contribution >= 0.6 is 0 Å². The van der Waals surface area contributed by atoms with E-state index < -0.39 is 0 Å². The number of hydrogen-bond donors (Lipinski definition) is 0. The standard InChI is InChI=1S/C6H9/c1-2-5-4-6(5)3-1/h1,5-6H,2-4H2. The largest absolute Gasteiger partial charge is 0.0470 e. The molecule has 0 amide bonds. The zero-order valence-electron chi connectivity index (χ0n) is 3.85. The highest BCUT2D eigenvalue weighted by Crippen LogP contribution is 2.50. The van der Waals surface area contributed by atoms with E-state index in [1.807, 2.05) is 0 Å². The average Bonchev–Trinajstić information content (AvgIpc) is 2.17. The third kappa shape index (κ3) is 0.250. The summed E-state index contributed by atoms with van der Waals surface area (Å²) in [6.07, 6.45) is 6.85. The third-order valence-corrected chi connectivity index (χ3v) is 2.01. The van der Waals surface area contributed by atoms with Crippen LogP contribution in [0.5, 0.6) is 0 Å². The minimum atomic E-state index is 1.16. The quantitative estimate of drug-likeness (QED) is 0.415. The van der Waals surface area contributed by atoms with Gasteiger partial charge in [0.05, 0.1) is 0 Å². The summed E-state index contributed by atoms with van der Waals surface area (Å²) in [6, 6.07) is 0. The molecule has 2 aliphatic carbocycles. The summed E-state index contributed by atoms with van der Waals surface area (Å²) in [5, 5.41) is 0. The lowest BCUT2D eigenvalue weighted by Gasteiger charge is -1.80. The monoisotopic (exact) mass is 81.1 g/mol. The second kappa shape index (κ2) is 0.800. The molecule has 0 aromatic carbocycles. The van der Waals surface area contributed by atoms with Crippen molar-refractivity contribution in [1.82, 2.24) is 0 Å². The first-order chi connectivity index (χ1) is 2.97. The maximum atomic E-state index is 2.43. The van der Waals surface area contributed by atoms with Crippen LogP contribution in [-0.4, -0.2) is 0 Å². The normalized spacial score (nSPS) is 52.0. The van der Waals surface area contributed by atoms with Crippen molar-refractivity contribution in [3.63, 3.8) is 0 Å². The fourth-order valence-corrected chi connectivity index (χ4v) is 1.41. The summed E-state index contributed by atoms with van der Waals surface area (Å²) in [4.78, 5) is 0. The van der Waals surface area contributed by atoms with E-state index >= 15 is 0 Å². The molecule has 2 fully saturated rings. The fraction of sp³-hybridized carbons (Fsp3) is 0.833. The van der Waals surface area contributed by atoms with Crippen LogP contribution in [0.3, 0.4) is 0 Å². The van der Waals surface area contributed by atoms with E-state index in [9.17, 15) is 0 Å². The lowest BCUT2D eigenvalue weighted by Crippen LogP contribution is -1.65. The van der Waals surface area contributed by atoms with Gasteiger partial charge in [0, 0.05) is 0 Å². The van der Waals surface area contributed by atoms with Crippen LogP contribution in [0.2, 0.25) is 0 Å². The Balaban J connectivity index is 2.09. The Morgan fingerprint density at radius 2 is 1.83 bits per heavy atom. The molecule has 2 atom stereocenters. The van der Waals surface area contributed by atoms with Crippen molar-refractivity contribution in [1.29, 1.82) is 0 Å². The molecule has 0 aliphatic heterocycles. The molecule has 0 N–H and O–H groups in total. The Hall–Kier alpha value is 0. The maximum Gasteiger partial charge on any atom is -0.0380 e. The molecule has 0 spiro atoms. The molecule has 0 nitrogen and oxygen atoms in total. The van der Waals surface area contributed by atoms with Gasteiger partial charge in [-0.2, -0.15) is 0 Å². The number of fused-ring (bicyclic) bond motifs is 1. The van der Waals surface area contributed by atoms with Gasteiger partial charge in [0.1, 0.15) is 0 Å². The minimum Gasteiger partial charge on any atom is -0.0470 e. The Morgan fingerprint density at radius 3 is 2.00 bits per heavy atom. The van der Waals surface area contributed by atoms with Crippen LogP contribution in [0, 0.1) is 18.3 Å². The molecule has 2 saturated carbocycles. The second-order valence-electron chi connectivity index (χ2n) is 2.52. The molecular weight excluding hydrogens is 72.1 g/mol. The number of hydrogen-bond acceptors (Lipinski definition) is 0. The van der Waals surface area contributed by atoms with Gasteiger partial charge in [-0.1, -0.05) is 0 Å². The third-order valence-electron chi connectivity index (χ3n) is 2.01. The summed E-state index contributed by atoms with van der Waals surface area (Å²) in [7, 11) is 0. The molecule has 2 rings (SSSR count). The summed E-state index contributed by atoms with van der Waals surface area (Å²) >= 11 is 0. The zero-order valence-corrected chi connectivity index (χ0v) is 3.85. The van der Waals surface area contributed by atoms with Gasteiger partial charge in [-0.05, 0) is 37.5 Å². The van der Waals surface area contributed by atoms with E-state index in [1.165, 1.54) is 12.8 Å². The molecule has 33 valence electrons. The minimum absolute atomic E-state index is 1.16. The molecule has 2 unspecified atom stereocenters. The molecule has 6 heavy (non-hydrogen) atoms. The van der Waals surface area contributed by atoms with Crippen LogP contribution < -0.4 is 0 Å². The van der Waals surface area contributed by atoms with Gasteiger partial charge in [-0.15, -0.1) is 0 Å². The van der Waals surface area contributed by atoms with Gasteiger partial charge < -0.3 is 0 Å². The molecule has 0 heteroatoms. The van der Waals surface area contributed by atoms with E-state index in [0.29, 0.717) is 0 Å². The predicted octanol–water partition coefficient (Wildman–Crippen LogP) is 1.62. The molecule has 0 aromatic rings. The van der Waals surface area contributed by atoms with E-state index in [-0.39, 0.29) is 0 Å². The fourth-order valence-electron chi connectivity index (χ4n) is 1.41. The van der Waals surface area contributed by atoms with Crippen LogP contribution in [0.1, 0.15) is 19.3 Å². The van der Waals surface area contributed by atoms with Gasteiger partial charge >= 0.3 is 0 Å². The Labute approximate surface area is 38.6 Å². The summed E-state index contributed by atoms with van der Waals surface area (Å²) in [5.74, 6) is 2.31. The first-order valence-electron chi connectivity index (χ1n) is 2.78. The summed E-state index contributed by atoms with van der Waals surface area (Å²) < 4.78 is 0. The van der Waals surface area contributed by atoms with Gasteiger partial charge in [-0.3, -0.25) is 0 Å². The van der Waals surface area contributed by atoms with Crippen molar-refractivity contribution in [2.24, 2.45) is 11.8 Å². The molecule has 2 aliphatic rings. The summed E-state index contributed by atoms with van der Waals surface area (Å²) in [5.41, 5.74) is 0. The van der Waals surface area contributed by atoms with Gasteiger partial charge in [0.2, 0.25) is 0 Å². The lowest BCUT2D eigenvalue weighted by molar-refractivity contribution is 0.834. The number of rotatable bonds is 0. The van der Waals surface area contributed by atoms with Crippen molar-refractivity contribution in [3.05, 3.63) is 6.42 Å². The van der Waals surface area contributed by atoms with Crippen LogP contribution in [0.4, 0.5) is 0 Å². The van der Waals surface area contributed by atoms with Crippen LogP contribution in [-0.2, 0) is 0 Å². The van der Waals surface area contributed by atoms with E-state index in [2.05, 4.69) is 6.42 Å². The smallest absolute Gasteiger partial charge is 0.0380 e. The maximum absolute atomic E-state index is 2.43. The van der Waals surface area contributed by atoms with Crippen LogP contribution in [0.15, 0.2) is 0 Å². The van der Waals surface area contributed by atoms with Crippen molar-refractivity contribution in [2.75, 3.05) is 0 Å². The van der Waals surface area contributed by atoms with Crippen molar-refractivity contribution >= 4 is 0 Å². The van der Waals surface area contributed by atoms with Gasteiger partial charge in [0.15, 0.2) is 0 Å². The predicted molar refractivity (Wildman–Crippen MR) is 25.1 cm³/mol. The molecule has 0 aromatic heterocycles. The van der Waals surface area contributed by atoms with Crippen molar-refractivity contribution in [3.8, 4) is 0 Å². The SMILES string of the molecule is [CH]1CC2CC2C1. The topological polar surface area (TPSA) is 0 Å². The van der Waals surface area contributed by atoms with Gasteiger partial charge in [-0.25, -0.2) is 0 Å². The van der Waals surface area contributed by atoms with E-state index in [4.69, 9.17) is 0 Å². The Bertz CT molecular complexity index is 58.4. The Kier molecular flexibility index (Phi) is 0.408. The van der Waals surface area contributed by atoms with Crippen molar-refractivity contribution < 1.29 is 0 Å². The Morgan fingerprint density at radius 1 is 1.17 bits per heavy atom. The van der Waals surface area contributed by atoms with E-state index in [0.717, 1.165) is 11.8 Å². The molecular formula is C6H9. The second-order valence-corrected chi connectivity index (χ2v) is 2.52. The first kappa shape index (κ1) is 3.06. The highest BCUT2D eigenvalue weighted by Gasteiger charge is 2.40. The van der Waals surface area contributed by atoms with E-state index in [1.54, 1.807) is 6.42 Å². The van der Waals surface area contributed by atoms with Crippen molar-refractivity contribution in [2.45, 2.75) is 19.3 Å². The molecule has 0 saturated heterocycles. The molecule has 0 heterocycles. The lowest BCUT2D eigenvalue weighted by atomic mass is 10.3. The highest BCUT2D eigenvalue weighted by atomic mass is 14.5. The summed E-state index contributed by atoms with van der Waals surface area (Å²) in [6.45, 7) is 0.